The van der Waals surface area contributed by atoms with Crippen molar-refractivity contribution in [2.45, 2.75) is 0 Å². The Balaban J connectivity index is 2.01. The van der Waals surface area contributed by atoms with Crippen molar-refractivity contribution in [3.05, 3.63) is 72.8 Å². The lowest BCUT2D eigenvalue weighted by atomic mass is 9.93. The van der Waals surface area contributed by atoms with Gasteiger partial charge in [0.2, 0.25) is 0 Å². The molecule has 0 saturated heterocycles. The number of para-hydroxylation sites is 1. The lowest BCUT2D eigenvalue weighted by Crippen LogP contribution is -1.84. The number of hydrogen-bond donors (Lipinski definition) is 1. The zero-order valence-electron chi connectivity index (χ0n) is 12.4. The molecule has 1 aromatic heterocycles. The smallest absolute Gasteiger partial charge is 0.0545 e. The molecule has 0 saturated carbocycles. The van der Waals surface area contributed by atoms with Crippen LogP contribution < -0.4 is 0 Å². The third kappa shape index (κ3) is 1.33. The summed E-state index contributed by atoms with van der Waals surface area (Å²) >= 11 is 0. The zero-order valence-corrected chi connectivity index (χ0v) is 12.4. The van der Waals surface area contributed by atoms with E-state index >= 15 is 0 Å². The average molecular weight is 291 g/mol. The highest BCUT2D eigenvalue weighted by atomic mass is 14.7. The number of hydrogen-bond acceptors (Lipinski definition) is 0. The first-order valence-corrected chi connectivity index (χ1v) is 7.97. The lowest BCUT2D eigenvalue weighted by Gasteiger charge is -2.11. The Morgan fingerprint density at radius 1 is 0.522 bits per heavy atom. The Labute approximate surface area is 132 Å². The van der Waals surface area contributed by atoms with Crippen molar-refractivity contribution in [1.29, 1.82) is 0 Å². The van der Waals surface area contributed by atoms with Crippen LogP contribution in [0.1, 0.15) is 0 Å². The molecule has 1 heterocycles. The number of aromatic nitrogens is 1. The molecule has 1 heteroatoms. The molecule has 0 aliphatic heterocycles. The number of nitrogens with one attached hydrogen (secondary N) is 1. The van der Waals surface area contributed by atoms with E-state index in [9.17, 15) is 0 Å². The molecule has 6 rings (SSSR count). The molecular formula is C22H13N. The molecule has 0 bridgehead atoms. The van der Waals surface area contributed by atoms with Gasteiger partial charge in [-0.2, -0.15) is 0 Å². The van der Waals surface area contributed by atoms with Crippen LogP contribution >= 0.6 is 0 Å². The molecule has 106 valence electrons. The fourth-order valence-corrected chi connectivity index (χ4v) is 4.12. The molecule has 23 heavy (non-hydrogen) atoms. The van der Waals surface area contributed by atoms with E-state index in [4.69, 9.17) is 0 Å². The molecule has 0 aliphatic carbocycles. The predicted molar refractivity (Wildman–Crippen MR) is 99.5 cm³/mol. The highest BCUT2D eigenvalue weighted by molar-refractivity contribution is 6.30. The number of benzene rings is 5. The molecule has 0 spiro atoms. The normalized spacial score (nSPS) is 12.3. The van der Waals surface area contributed by atoms with Gasteiger partial charge in [-0.25, -0.2) is 0 Å². The molecule has 0 atom stereocenters. The summed E-state index contributed by atoms with van der Waals surface area (Å²) in [5, 5.41) is 10.6. The van der Waals surface area contributed by atoms with Crippen molar-refractivity contribution in [2.75, 3.05) is 0 Å². The first kappa shape index (κ1) is 11.5. The minimum Gasteiger partial charge on any atom is -0.354 e. The highest BCUT2D eigenvalue weighted by Crippen LogP contribution is 2.40. The van der Waals surface area contributed by atoms with E-state index in [1.165, 1.54) is 54.1 Å². The summed E-state index contributed by atoms with van der Waals surface area (Å²) in [6.45, 7) is 0. The first-order valence-electron chi connectivity index (χ1n) is 7.97. The van der Waals surface area contributed by atoms with Gasteiger partial charge in [0.1, 0.15) is 0 Å². The summed E-state index contributed by atoms with van der Waals surface area (Å²) in [6.07, 6.45) is 0. The third-order valence-electron chi connectivity index (χ3n) is 5.12. The summed E-state index contributed by atoms with van der Waals surface area (Å²) < 4.78 is 0. The maximum Gasteiger partial charge on any atom is 0.0545 e. The van der Waals surface area contributed by atoms with Crippen molar-refractivity contribution in [3.8, 4) is 0 Å². The molecule has 1 nitrogen and oxygen atoms in total. The van der Waals surface area contributed by atoms with Gasteiger partial charge < -0.3 is 4.98 Å². The molecule has 0 aliphatic rings. The molecule has 5 aromatic carbocycles. The number of aromatic amines is 1. The van der Waals surface area contributed by atoms with Gasteiger partial charge in [-0.05, 0) is 39.1 Å². The zero-order chi connectivity index (χ0) is 15.0. The van der Waals surface area contributed by atoms with E-state index < -0.39 is 0 Å². The molecule has 6 aromatic rings. The van der Waals surface area contributed by atoms with Crippen LogP contribution in [0.3, 0.4) is 0 Å². The standard InChI is InChI=1S/C22H13N/c1-2-7-19-16(6-1)18-12-15-9-8-13-4-3-5-14-10-11-17(22(18)23-19)21(15)20(13)14/h1-12,23H. The monoisotopic (exact) mass is 291 g/mol. The summed E-state index contributed by atoms with van der Waals surface area (Å²) in [6, 6.07) is 26.4. The quantitative estimate of drug-likeness (QED) is 0.320. The largest absolute Gasteiger partial charge is 0.354 e. The molecule has 1 N–H and O–H groups in total. The number of fused-ring (bicyclic) bond motifs is 4. The second-order valence-electron chi connectivity index (χ2n) is 6.33. The van der Waals surface area contributed by atoms with Gasteiger partial charge in [-0.1, -0.05) is 60.7 Å². The Morgan fingerprint density at radius 3 is 2.22 bits per heavy atom. The molecule has 0 amide bonds. The van der Waals surface area contributed by atoms with Crippen LogP contribution in [-0.4, -0.2) is 4.98 Å². The second-order valence-corrected chi connectivity index (χ2v) is 6.33. The topological polar surface area (TPSA) is 15.8 Å². The van der Waals surface area contributed by atoms with Crippen molar-refractivity contribution >= 4 is 54.1 Å². The Bertz CT molecular complexity index is 1340. The van der Waals surface area contributed by atoms with Crippen LogP contribution in [-0.2, 0) is 0 Å². The second kappa shape index (κ2) is 3.82. The fourth-order valence-electron chi connectivity index (χ4n) is 4.12. The SMILES string of the molecule is c1cc2ccc3cc4c5ccccc5[nH]c4c4ccc(c1)c2c34. The Hall–Kier alpha value is -3.06. The van der Waals surface area contributed by atoms with E-state index in [1.54, 1.807) is 0 Å². The van der Waals surface area contributed by atoms with Gasteiger partial charge in [0.05, 0.1) is 5.52 Å². The van der Waals surface area contributed by atoms with E-state index in [-0.39, 0.29) is 0 Å². The fraction of sp³-hybridized carbons (Fsp3) is 0. The van der Waals surface area contributed by atoms with Crippen LogP contribution in [0.5, 0.6) is 0 Å². The van der Waals surface area contributed by atoms with Crippen LogP contribution in [0.15, 0.2) is 72.8 Å². The summed E-state index contributed by atoms with van der Waals surface area (Å²) in [7, 11) is 0. The van der Waals surface area contributed by atoms with E-state index in [0.29, 0.717) is 0 Å². The molecule has 0 radical (unpaired) electrons. The van der Waals surface area contributed by atoms with Crippen molar-refractivity contribution in [3.63, 3.8) is 0 Å². The molecule has 0 fully saturated rings. The van der Waals surface area contributed by atoms with E-state index in [0.717, 1.165) is 0 Å². The van der Waals surface area contributed by atoms with E-state index in [2.05, 4.69) is 77.8 Å². The van der Waals surface area contributed by atoms with E-state index in [1.807, 2.05) is 0 Å². The van der Waals surface area contributed by atoms with Crippen LogP contribution in [0, 0.1) is 0 Å². The molecule has 0 unspecified atom stereocenters. The van der Waals surface area contributed by atoms with Gasteiger partial charge in [0.25, 0.3) is 0 Å². The van der Waals surface area contributed by atoms with Crippen molar-refractivity contribution in [2.24, 2.45) is 0 Å². The van der Waals surface area contributed by atoms with Gasteiger partial charge in [0, 0.05) is 21.7 Å². The van der Waals surface area contributed by atoms with Crippen molar-refractivity contribution < 1.29 is 0 Å². The number of H-pyrrole nitrogens is 1. The minimum absolute atomic E-state index is 1.21. The summed E-state index contributed by atoms with van der Waals surface area (Å²) in [4.78, 5) is 3.63. The van der Waals surface area contributed by atoms with Crippen LogP contribution in [0.4, 0.5) is 0 Å². The van der Waals surface area contributed by atoms with Gasteiger partial charge in [0.15, 0.2) is 0 Å². The van der Waals surface area contributed by atoms with Gasteiger partial charge >= 0.3 is 0 Å². The summed E-state index contributed by atoms with van der Waals surface area (Å²) in [5.74, 6) is 0. The predicted octanol–water partition coefficient (Wildman–Crippen LogP) is 6.22. The van der Waals surface area contributed by atoms with Gasteiger partial charge in [-0.3, -0.25) is 0 Å². The summed E-state index contributed by atoms with van der Waals surface area (Å²) in [5.41, 5.74) is 2.45. The Morgan fingerprint density at radius 2 is 1.30 bits per heavy atom. The lowest BCUT2D eigenvalue weighted by molar-refractivity contribution is 1.57. The Kier molecular flexibility index (Phi) is 1.91. The first-order chi connectivity index (χ1) is 11.4. The van der Waals surface area contributed by atoms with Crippen LogP contribution in [0.2, 0.25) is 0 Å². The van der Waals surface area contributed by atoms with Crippen molar-refractivity contribution in [1.82, 2.24) is 4.98 Å². The molecular weight excluding hydrogens is 278 g/mol. The maximum atomic E-state index is 3.63. The minimum atomic E-state index is 1.21. The van der Waals surface area contributed by atoms with Gasteiger partial charge in [-0.15, -0.1) is 0 Å². The maximum absolute atomic E-state index is 3.63. The third-order valence-corrected chi connectivity index (χ3v) is 5.12. The average Bonchev–Trinajstić information content (AvgIpc) is 2.98. The highest BCUT2D eigenvalue weighted by Gasteiger charge is 2.13. The number of rotatable bonds is 0. The van der Waals surface area contributed by atoms with Crippen LogP contribution in [0.25, 0.3) is 54.1 Å².